The molecule has 10 heteroatoms. The van der Waals surface area contributed by atoms with Gasteiger partial charge in [-0.1, -0.05) is 36.4 Å². The van der Waals surface area contributed by atoms with Crippen molar-refractivity contribution in [3.8, 4) is 0 Å². The molecule has 156 valence electrons. The molecule has 0 unspecified atom stereocenters. The Morgan fingerprint density at radius 3 is 1.97 bits per heavy atom. The maximum atomic E-state index is 12.5. The third kappa shape index (κ3) is 5.37. The molecule has 3 aromatic rings. The van der Waals surface area contributed by atoms with Gasteiger partial charge in [0, 0.05) is 11.4 Å². The second-order valence-electron chi connectivity index (χ2n) is 6.38. The van der Waals surface area contributed by atoms with E-state index in [9.17, 15) is 21.6 Å². The number of hydrogen-bond acceptors (Lipinski definition) is 5. The van der Waals surface area contributed by atoms with Crippen LogP contribution in [0, 0.1) is 6.92 Å². The summed E-state index contributed by atoms with van der Waals surface area (Å²) in [5, 5.41) is 2.34. The Bertz CT molecular complexity index is 1270. The maximum Gasteiger partial charge on any atom is 0.333 e. The van der Waals surface area contributed by atoms with E-state index in [2.05, 4.69) is 10.0 Å². The molecule has 0 aliphatic heterocycles. The molecule has 0 saturated heterocycles. The normalized spacial score (nSPS) is 11.5. The number of hydrogen-bond donors (Lipinski definition) is 3. The van der Waals surface area contributed by atoms with Crippen LogP contribution in [0.5, 0.6) is 0 Å². The summed E-state index contributed by atoms with van der Waals surface area (Å²) in [5.41, 5.74) is 1.22. The molecule has 0 atom stereocenters. The van der Waals surface area contributed by atoms with E-state index >= 15 is 0 Å². The van der Waals surface area contributed by atoms with Crippen LogP contribution in [0.15, 0.2) is 88.7 Å². The van der Waals surface area contributed by atoms with Crippen molar-refractivity contribution in [3.63, 3.8) is 0 Å². The number of carbonyl (C=O) groups is 1. The van der Waals surface area contributed by atoms with Crippen LogP contribution in [0.25, 0.3) is 0 Å². The number of aryl methyl sites for hydroxylation is 1. The summed E-state index contributed by atoms with van der Waals surface area (Å²) in [5.74, 6) is 0. The summed E-state index contributed by atoms with van der Waals surface area (Å²) in [6, 6.07) is 18.9. The van der Waals surface area contributed by atoms with Gasteiger partial charge in [-0.05, 0) is 55.0 Å². The van der Waals surface area contributed by atoms with Gasteiger partial charge < -0.3 is 5.32 Å². The lowest BCUT2D eigenvalue weighted by molar-refractivity contribution is 0.256. The van der Waals surface area contributed by atoms with Crippen LogP contribution in [0.1, 0.15) is 5.56 Å². The SMILES string of the molecule is Cc1cccc(S(=O)(=O)NC(=O)Nc2cccc(S(=O)(=O)Nc3ccccc3)c2)c1. The Kier molecular flexibility index (Phi) is 6.09. The molecule has 0 spiro atoms. The van der Waals surface area contributed by atoms with Gasteiger partial charge in [-0.2, -0.15) is 0 Å². The maximum absolute atomic E-state index is 12.5. The lowest BCUT2D eigenvalue weighted by atomic mass is 10.2. The van der Waals surface area contributed by atoms with Gasteiger partial charge in [-0.15, -0.1) is 0 Å². The van der Waals surface area contributed by atoms with Crippen molar-refractivity contribution in [1.29, 1.82) is 0 Å². The van der Waals surface area contributed by atoms with Crippen molar-refractivity contribution >= 4 is 37.5 Å². The summed E-state index contributed by atoms with van der Waals surface area (Å²) in [6.45, 7) is 1.73. The molecule has 0 radical (unpaired) electrons. The fourth-order valence-electron chi connectivity index (χ4n) is 2.58. The van der Waals surface area contributed by atoms with Crippen LogP contribution in [0.4, 0.5) is 16.2 Å². The zero-order valence-corrected chi connectivity index (χ0v) is 17.5. The Balaban J connectivity index is 1.74. The standard InChI is InChI=1S/C20H19N3O5S2/c1-15-7-5-11-18(13-15)30(27,28)23-20(24)21-17-10-6-12-19(14-17)29(25,26)22-16-8-3-2-4-9-16/h2-14,22H,1H3,(H2,21,23,24). The van der Waals surface area contributed by atoms with Gasteiger partial charge in [0.25, 0.3) is 20.0 Å². The minimum atomic E-state index is -4.07. The van der Waals surface area contributed by atoms with Gasteiger partial charge in [0.05, 0.1) is 9.79 Å². The number of rotatable bonds is 6. The van der Waals surface area contributed by atoms with E-state index in [1.54, 1.807) is 49.4 Å². The highest BCUT2D eigenvalue weighted by Gasteiger charge is 2.19. The Morgan fingerprint density at radius 2 is 1.30 bits per heavy atom. The average molecular weight is 446 g/mol. The van der Waals surface area contributed by atoms with Crippen LogP contribution in [-0.2, 0) is 20.0 Å². The molecule has 0 aromatic heterocycles. The molecule has 3 aromatic carbocycles. The smallest absolute Gasteiger partial charge is 0.307 e. The van der Waals surface area contributed by atoms with E-state index in [1.807, 2.05) is 4.72 Å². The van der Waals surface area contributed by atoms with E-state index in [0.29, 0.717) is 5.69 Å². The molecular formula is C20H19N3O5S2. The molecular weight excluding hydrogens is 426 g/mol. The highest BCUT2D eigenvalue weighted by Crippen LogP contribution is 2.19. The van der Waals surface area contributed by atoms with E-state index in [0.717, 1.165) is 5.56 Å². The lowest BCUT2D eigenvalue weighted by Crippen LogP contribution is -2.34. The third-order valence-electron chi connectivity index (χ3n) is 3.96. The van der Waals surface area contributed by atoms with Crippen molar-refractivity contribution in [2.75, 3.05) is 10.0 Å². The molecule has 0 fully saturated rings. The second kappa shape index (κ2) is 8.56. The number of nitrogens with one attached hydrogen (secondary N) is 3. The van der Waals surface area contributed by atoms with Gasteiger partial charge in [-0.3, -0.25) is 4.72 Å². The van der Waals surface area contributed by atoms with Gasteiger partial charge in [0.2, 0.25) is 0 Å². The summed E-state index contributed by atoms with van der Waals surface area (Å²) in [4.78, 5) is 12.0. The zero-order chi connectivity index (χ0) is 21.8. The predicted molar refractivity (Wildman–Crippen MR) is 114 cm³/mol. The van der Waals surface area contributed by atoms with Crippen molar-refractivity contribution < 1.29 is 21.6 Å². The van der Waals surface area contributed by atoms with Gasteiger partial charge in [0.1, 0.15) is 0 Å². The molecule has 0 saturated carbocycles. The fraction of sp³-hybridized carbons (Fsp3) is 0.0500. The Labute approximate surface area is 175 Å². The van der Waals surface area contributed by atoms with Gasteiger partial charge >= 0.3 is 6.03 Å². The van der Waals surface area contributed by atoms with Crippen molar-refractivity contribution in [3.05, 3.63) is 84.4 Å². The predicted octanol–water partition coefficient (Wildman–Crippen LogP) is 3.31. The molecule has 2 amide bonds. The van der Waals surface area contributed by atoms with Crippen LogP contribution in [-0.4, -0.2) is 22.9 Å². The molecule has 3 rings (SSSR count). The Morgan fingerprint density at radius 1 is 0.700 bits per heavy atom. The molecule has 0 heterocycles. The monoisotopic (exact) mass is 445 g/mol. The molecule has 3 N–H and O–H groups in total. The summed E-state index contributed by atoms with van der Waals surface area (Å²) in [7, 11) is -7.97. The number of sulfonamides is 2. The molecule has 8 nitrogen and oxygen atoms in total. The lowest BCUT2D eigenvalue weighted by Gasteiger charge is -2.11. The first kappa shape index (κ1) is 21.3. The molecule has 30 heavy (non-hydrogen) atoms. The van der Waals surface area contributed by atoms with Crippen molar-refractivity contribution in [2.45, 2.75) is 16.7 Å². The summed E-state index contributed by atoms with van der Waals surface area (Å²) < 4.78 is 54.1. The van der Waals surface area contributed by atoms with Gasteiger partial charge in [0.15, 0.2) is 0 Å². The quantitative estimate of drug-likeness (QED) is 0.537. The highest BCUT2D eigenvalue weighted by molar-refractivity contribution is 7.92. The number of para-hydroxylation sites is 1. The van der Waals surface area contributed by atoms with Crippen LogP contribution < -0.4 is 14.8 Å². The van der Waals surface area contributed by atoms with E-state index < -0.39 is 26.1 Å². The van der Waals surface area contributed by atoms with E-state index in [-0.39, 0.29) is 15.5 Å². The number of benzene rings is 3. The average Bonchev–Trinajstić information content (AvgIpc) is 2.68. The van der Waals surface area contributed by atoms with E-state index in [4.69, 9.17) is 0 Å². The second-order valence-corrected chi connectivity index (χ2v) is 9.74. The van der Waals surface area contributed by atoms with Crippen LogP contribution in [0.2, 0.25) is 0 Å². The molecule has 0 bridgehead atoms. The topological polar surface area (TPSA) is 121 Å². The van der Waals surface area contributed by atoms with Gasteiger partial charge in [-0.25, -0.2) is 26.4 Å². The van der Waals surface area contributed by atoms with Crippen LogP contribution in [0.3, 0.4) is 0 Å². The number of anilines is 2. The first-order valence-corrected chi connectivity index (χ1v) is 11.7. The number of carbonyl (C=O) groups excluding carboxylic acids is 1. The summed E-state index contributed by atoms with van der Waals surface area (Å²) in [6.07, 6.45) is 0. The first-order chi connectivity index (χ1) is 14.2. The first-order valence-electron chi connectivity index (χ1n) is 8.74. The number of urea groups is 1. The minimum absolute atomic E-state index is 0.0546. The van der Waals surface area contributed by atoms with E-state index in [1.165, 1.54) is 36.4 Å². The third-order valence-corrected chi connectivity index (χ3v) is 6.66. The largest absolute Gasteiger partial charge is 0.333 e. The highest BCUT2D eigenvalue weighted by atomic mass is 32.2. The molecule has 0 aliphatic carbocycles. The fourth-order valence-corrected chi connectivity index (χ4v) is 4.70. The van der Waals surface area contributed by atoms with Crippen molar-refractivity contribution in [2.24, 2.45) is 0 Å². The number of amides is 2. The zero-order valence-electron chi connectivity index (χ0n) is 15.9. The Hall–Kier alpha value is -3.37. The van der Waals surface area contributed by atoms with Crippen LogP contribution >= 0.6 is 0 Å². The molecule has 0 aliphatic rings. The summed E-state index contributed by atoms with van der Waals surface area (Å²) >= 11 is 0. The minimum Gasteiger partial charge on any atom is -0.307 e. The van der Waals surface area contributed by atoms with Crippen molar-refractivity contribution in [1.82, 2.24) is 4.72 Å².